The van der Waals surface area contributed by atoms with Crippen molar-refractivity contribution in [3.63, 3.8) is 0 Å². The first-order valence-corrected chi connectivity index (χ1v) is 13.6. The van der Waals surface area contributed by atoms with Crippen LogP contribution in [0.2, 0.25) is 0 Å². The lowest BCUT2D eigenvalue weighted by Crippen LogP contribution is -2.04. The Balaban J connectivity index is 1.79. The average Bonchev–Trinajstić information content (AvgIpc) is 3.21. The van der Waals surface area contributed by atoms with Gasteiger partial charge in [-0.3, -0.25) is 4.79 Å². The summed E-state index contributed by atoms with van der Waals surface area (Å²) in [5.74, 6) is 0. The van der Waals surface area contributed by atoms with Crippen molar-refractivity contribution in [2.45, 2.75) is 26.7 Å². The Bertz CT molecular complexity index is 1470. The molecular weight excluding hydrogens is 528 g/mol. The van der Waals surface area contributed by atoms with Crippen molar-refractivity contribution in [1.29, 1.82) is 0 Å². The SMILES string of the molecule is C=C(/C=C/c1ccc(Br)cc1NC)S/C(=C1\CC(CC)=CC=C1C=O)c1cc2ccc(C)cc2n1C. The molecule has 0 saturated heterocycles. The van der Waals surface area contributed by atoms with Gasteiger partial charge in [-0.15, -0.1) is 0 Å². The highest BCUT2D eigenvalue weighted by Gasteiger charge is 2.21. The van der Waals surface area contributed by atoms with E-state index in [1.54, 1.807) is 11.8 Å². The molecule has 0 bridgehead atoms. The zero-order chi connectivity index (χ0) is 25.8. The minimum absolute atomic E-state index is 0.735. The number of halogens is 1. The molecule has 184 valence electrons. The third-order valence-electron chi connectivity index (χ3n) is 6.51. The largest absolute Gasteiger partial charge is 0.388 e. The first-order valence-electron chi connectivity index (χ1n) is 12.0. The second-order valence-corrected chi connectivity index (χ2v) is 11.0. The highest BCUT2D eigenvalue weighted by molar-refractivity contribution is 9.10. The minimum atomic E-state index is 0.735. The van der Waals surface area contributed by atoms with E-state index in [1.807, 2.05) is 25.3 Å². The van der Waals surface area contributed by atoms with E-state index in [0.29, 0.717) is 0 Å². The summed E-state index contributed by atoms with van der Waals surface area (Å²) in [6.07, 6.45) is 10.9. The minimum Gasteiger partial charge on any atom is -0.388 e. The molecular formula is C31H31BrN2OS. The monoisotopic (exact) mass is 558 g/mol. The van der Waals surface area contributed by atoms with Gasteiger partial charge in [-0.1, -0.05) is 83.2 Å². The van der Waals surface area contributed by atoms with E-state index >= 15 is 0 Å². The summed E-state index contributed by atoms with van der Waals surface area (Å²) in [6.45, 7) is 8.65. The molecule has 1 heterocycles. The summed E-state index contributed by atoms with van der Waals surface area (Å²) in [6, 6.07) is 14.9. The summed E-state index contributed by atoms with van der Waals surface area (Å²) in [5, 5.41) is 4.43. The third-order valence-corrected chi connectivity index (χ3v) is 8.06. The Morgan fingerprint density at radius 1 is 1.19 bits per heavy atom. The van der Waals surface area contributed by atoms with Crippen LogP contribution in [0, 0.1) is 6.92 Å². The topological polar surface area (TPSA) is 34.0 Å². The van der Waals surface area contributed by atoms with Crippen molar-refractivity contribution >= 4 is 61.5 Å². The van der Waals surface area contributed by atoms with Gasteiger partial charge in [0.1, 0.15) is 6.29 Å². The maximum Gasteiger partial charge on any atom is 0.150 e. The summed E-state index contributed by atoms with van der Waals surface area (Å²) in [7, 11) is 4.02. The molecule has 3 aromatic rings. The number of aromatic nitrogens is 1. The van der Waals surface area contributed by atoms with Gasteiger partial charge in [0.05, 0.1) is 5.69 Å². The molecule has 0 fully saturated rings. The number of thioether (sulfide) groups is 1. The number of fused-ring (bicyclic) bond motifs is 1. The lowest BCUT2D eigenvalue weighted by atomic mass is 9.91. The number of carbonyl (C=O) groups excluding carboxylic acids is 1. The molecule has 0 radical (unpaired) electrons. The lowest BCUT2D eigenvalue weighted by Gasteiger charge is -2.20. The van der Waals surface area contributed by atoms with Gasteiger partial charge in [0, 0.05) is 50.5 Å². The van der Waals surface area contributed by atoms with Gasteiger partial charge in [0.2, 0.25) is 0 Å². The third kappa shape index (κ3) is 5.53. The van der Waals surface area contributed by atoms with Crippen LogP contribution in [0.4, 0.5) is 5.69 Å². The summed E-state index contributed by atoms with van der Waals surface area (Å²) >= 11 is 5.16. The van der Waals surface area contributed by atoms with E-state index < -0.39 is 0 Å². The number of hydrogen-bond acceptors (Lipinski definition) is 3. The summed E-state index contributed by atoms with van der Waals surface area (Å²) in [5.41, 5.74) is 8.73. The summed E-state index contributed by atoms with van der Waals surface area (Å²) in [4.78, 5) is 14.1. The number of nitrogens with zero attached hydrogens (tertiary/aromatic N) is 1. The lowest BCUT2D eigenvalue weighted by molar-refractivity contribution is -0.104. The van der Waals surface area contributed by atoms with Crippen LogP contribution in [0.15, 0.2) is 93.4 Å². The fraction of sp³-hybridized carbons (Fsp3) is 0.194. The van der Waals surface area contributed by atoms with E-state index in [1.165, 1.54) is 22.0 Å². The number of anilines is 1. The van der Waals surface area contributed by atoms with Gasteiger partial charge in [-0.2, -0.15) is 0 Å². The predicted octanol–water partition coefficient (Wildman–Crippen LogP) is 8.83. The van der Waals surface area contributed by atoms with Crippen LogP contribution >= 0.6 is 27.7 Å². The van der Waals surface area contributed by atoms with E-state index in [9.17, 15) is 4.79 Å². The number of aryl methyl sites for hydroxylation is 2. The molecule has 1 aliphatic carbocycles. The maximum absolute atomic E-state index is 12.1. The molecule has 0 atom stereocenters. The summed E-state index contributed by atoms with van der Waals surface area (Å²) < 4.78 is 3.26. The molecule has 1 aromatic heterocycles. The van der Waals surface area contributed by atoms with Crippen LogP contribution in [0.1, 0.15) is 36.6 Å². The fourth-order valence-corrected chi connectivity index (χ4v) is 5.80. The number of benzene rings is 2. The number of aldehydes is 1. The number of hydrogen-bond donors (Lipinski definition) is 1. The van der Waals surface area contributed by atoms with E-state index in [2.05, 4.69) is 102 Å². The average molecular weight is 560 g/mol. The van der Waals surface area contributed by atoms with Crippen LogP contribution in [0.3, 0.4) is 0 Å². The number of nitrogens with one attached hydrogen (secondary N) is 1. The van der Waals surface area contributed by atoms with E-state index in [-0.39, 0.29) is 0 Å². The van der Waals surface area contributed by atoms with Crippen molar-refractivity contribution in [3.8, 4) is 0 Å². The van der Waals surface area contributed by atoms with E-state index in [0.717, 1.165) is 61.5 Å². The van der Waals surface area contributed by atoms with E-state index in [4.69, 9.17) is 0 Å². The molecule has 3 nitrogen and oxygen atoms in total. The predicted molar refractivity (Wildman–Crippen MR) is 161 cm³/mol. The normalized spacial score (nSPS) is 15.1. The smallest absolute Gasteiger partial charge is 0.150 e. The Hall–Kier alpha value is -3.02. The van der Waals surface area contributed by atoms with Crippen molar-refractivity contribution < 1.29 is 4.79 Å². The molecule has 0 unspecified atom stereocenters. The maximum atomic E-state index is 12.1. The standard InChI is InChI=1S/C31H31BrN2OS/c1-6-22-9-12-25(19-35)27(16-22)31(30-17-24-10-7-20(2)15-29(24)34(30)5)36-21(3)8-11-23-13-14-26(32)18-28(23)33-4/h7-15,17-19,33H,3,6,16H2,1-2,4-5H3/b11-8+,31-27+. The van der Waals surface area contributed by atoms with Gasteiger partial charge in [0.15, 0.2) is 0 Å². The highest BCUT2D eigenvalue weighted by Crippen LogP contribution is 2.43. The number of carbonyl (C=O) groups is 1. The number of rotatable bonds is 8. The van der Waals surface area contributed by atoms with Crippen molar-refractivity contribution in [2.75, 3.05) is 12.4 Å². The zero-order valence-corrected chi connectivity index (χ0v) is 23.6. The second-order valence-electron chi connectivity index (χ2n) is 8.94. The number of allylic oxidation sites excluding steroid dienone is 6. The van der Waals surface area contributed by atoms with Gasteiger partial charge in [-0.05, 0) is 66.8 Å². The molecule has 0 aliphatic heterocycles. The Morgan fingerprint density at radius 3 is 2.72 bits per heavy atom. The van der Waals surface area contributed by atoms with Crippen molar-refractivity contribution in [3.05, 3.63) is 110 Å². The van der Waals surface area contributed by atoms with Gasteiger partial charge >= 0.3 is 0 Å². The fourth-order valence-electron chi connectivity index (χ4n) is 4.43. The molecule has 0 spiro atoms. The van der Waals surface area contributed by atoms with Crippen LogP contribution in [-0.2, 0) is 11.8 Å². The van der Waals surface area contributed by atoms with Crippen LogP contribution in [-0.4, -0.2) is 17.9 Å². The molecule has 0 amide bonds. The highest BCUT2D eigenvalue weighted by atomic mass is 79.9. The van der Waals surface area contributed by atoms with Gasteiger partial charge in [-0.25, -0.2) is 0 Å². The molecule has 2 aromatic carbocycles. The van der Waals surface area contributed by atoms with Crippen molar-refractivity contribution in [1.82, 2.24) is 4.57 Å². The molecule has 0 saturated carbocycles. The Kier molecular flexibility index (Phi) is 8.22. The van der Waals surface area contributed by atoms with Crippen LogP contribution in [0.25, 0.3) is 21.9 Å². The molecule has 36 heavy (non-hydrogen) atoms. The first kappa shape index (κ1) is 26.1. The molecule has 4 rings (SSSR count). The Morgan fingerprint density at radius 2 is 2.00 bits per heavy atom. The second kappa shape index (κ2) is 11.4. The molecule has 1 N–H and O–H groups in total. The van der Waals surface area contributed by atoms with Gasteiger partial charge in [0.25, 0.3) is 0 Å². The van der Waals surface area contributed by atoms with Crippen LogP contribution in [0.5, 0.6) is 0 Å². The van der Waals surface area contributed by atoms with Crippen molar-refractivity contribution in [2.24, 2.45) is 7.05 Å². The van der Waals surface area contributed by atoms with Crippen LogP contribution < -0.4 is 5.32 Å². The Labute approximate surface area is 226 Å². The molecule has 5 heteroatoms. The zero-order valence-electron chi connectivity index (χ0n) is 21.2. The quantitative estimate of drug-likeness (QED) is 0.221. The first-order chi connectivity index (χ1) is 17.3. The van der Waals surface area contributed by atoms with Gasteiger partial charge < -0.3 is 9.88 Å². The molecule has 1 aliphatic rings.